The maximum Gasteiger partial charge on any atom is 0.277 e. The number of halogens is 1. The van der Waals surface area contributed by atoms with Gasteiger partial charge in [-0.25, -0.2) is 4.39 Å². The minimum atomic E-state index is -0.447. The zero-order chi connectivity index (χ0) is 22.5. The van der Waals surface area contributed by atoms with Gasteiger partial charge in [0, 0.05) is 23.4 Å². The van der Waals surface area contributed by atoms with E-state index in [1.165, 1.54) is 24.3 Å². The molecule has 3 aromatic carbocycles. The zero-order valence-corrected chi connectivity index (χ0v) is 17.2. The van der Waals surface area contributed by atoms with Crippen molar-refractivity contribution in [1.82, 2.24) is 10.2 Å². The Labute approximate surface area is 185 Å². The van der Waals surface area contributed by atoms with Crippen molar-refractivity contribution in [3.05, 3.63) is 88.7 Å². The van der Waals surface area contributed by atoms with E-state index in [0.29, 0.717) is 11.3 Å². The molecule has 32 heavy (non-hydrogen) atoms. The Morgan fingerprint density at radius 3 is 2.34 bits per heavy atom. The molecule has 1 amide bonds. The fraction of sp³-hybridized carbons (Fsp3) is 0.0455. The van der Waals surface area contributed by atoms with E-state index in [1.54, 1.807) is 36.4 Å². The van der Waals surface area contributed by atoms with Gasteiger partial charge in [0.1, 0.15) is 5.82 Å². The third-order valence-electron chi connectivity index (χ3n) is 4.38. The van der Waals surface area contributed by atoms with Gasteiger partial charge in [-0.05, 0) is 53.6 Å². The normalized spacial score (nSPS) is 10.7. The van der Waals surface area contributed by atoms with Crippen molar-refractivity contribution in [2.75, 3.05) is 11.1 Å². The molecule has 0 aliphatic carbocycles. The Kier molecular flexibility index (Phi) is 6.22. The van der Waals surface area contributed by atoms with Crippen molar-refractivity contribution in [2.45, 2.75) is 5.22 Å². The monoisotopic (exact) mass is 450 g/mol. The largest absolute Gasteiger partial charge is 0.411 e. The number of non-ortho nitro benzene ring substituents is 1. The van der Waals surface area contributed by atoms with Crippen LogP contribution in [0.4, 0.5) is 15.8 Å². The molecular formula is C22H15FN4O4S. The van der Waals surface area contributed by atoms with Crippen molar-refractivity contribution in [3.63, 3.8) is 0 Å². The molecule has 0 atom stereocenters. The highest BCUT2D eigenvalue weighted by molar-refractivity contribution is 7.99. The number of rotatable bonds is 7. The average Bonchev–Trinajstić information content (AvgIpc) is 3.28. The first-order chi connectivity index (χ1) is 15.5. The number of nitro groups is 1. The van der Waals surface area contributed by atoms with Gasteiger partial charge in [-0.15, -0.1) is 10.2 Å². The summed E-state index contributed by atoms with van der Waals surface area (Å²) in [6.07, 6.45) is 0. The molecule has 4 rings (SSSR count). The number of nitrogens with zero attached hydrogens (tertiary/aromatic N) is 3. The van der Waals surface area contributed by atoms with Gasteiger partial charge in [0.15, 0.2) is 0 Å². The molecule has 4 aromatic rings. The maximum absolute atomic E-state index is 13.3. The third kappa shape index (κ3) is 5.16. The summed E-state index contributed by atoms with van der Waals surface area (Å²) in [6.45, 7) is 0. The molecule has 0 fully saturated rings. The third-order valence-corrected chi connectivity index (χ3v) is 5.20. The summed E-state index contributed by atoms with van der Waals surface area (Å²) in [6, 6.07) is 19.1. The summed E-state index contributed by atoms with van der Waals surface area (Å²) in [5.41, 5.74) is 2.78. The molecule has 1 heterocycles. The molecule has 10 heteroatoms. The number of amides is 1. The second-order valence-corrected chi connectivity index (χ2v) is 7.53. The van der Waals surface area contributed by atoms with Crippen molar-refractivity contribution in [3.8, 4) is 22.6 Å². The van der Waals surface area contributed by atoms with Gasteiger partial charge < -0.3 is 9.73 Å². The number of nitro benzene ring substituents is 1. The number of thioether (sulfide) groups is 1. The topological polar surface area (TPSA) is 111 Å². The van der Waals surface area contributed by atoms with Crippen LogP contribution in [0.25, 0.3) is 22.6 Å². The first-order valence-electron chi connectivity index (χ1n) is 9.35. The fourth-order valence-corrected chi connectivity index (χ4v) is 3.42. The highest BCUT2D eigenvalue weighted by Gasteiger charge is 2.12. The smallest absolute Gasteiger partial charge is 0.277 e. The molecule has 1 aromatic heterocycles. The van der Waals surface area contributed by atoms with Gasteiger partial charge in [0.2, 0.25) is 11.8 Å². The second-order valence-electron chi connectivity index (χ2n) is 6.60. The van der Waals surface area contributed by atoms with E-state index >= 15 is 0 Å². The number of nitrogens with one attached hydrogen (secondary N) is 1. The molecule has 0 unspecified atom stereocenters. The lowest BCUT2D eigenvalue weighted by Crippen LogP contribution is -2.13. The SMILES string of the molecule is O=C(CSc1nnc(-c2cccc(F)c2)o1)Nc1ccc(-c2ccc([N+](=O)[O-])cc2)cc1. The minimum absolute atomic E-state index is 0.0273. The van der Waals surface area contributed by atoms with Gasteiger partial charge in [0.25, 0.3) is 10.9 Å². The van der Waals surface area contributed by atoms with Crippen molar-refractivity contribution < 1.29 is 18.5 Å². The van der Waals surface area contributed by atoms with Gasteiger partial charge >= 0.3 is 0 Å². The Morgan fingerprint density at radius 1 is 1.00 bits per heavy atom. The zero-order valence-electron chi connectivity index (χ0n) is 16.4. The Morgan fingerprint density at radius 2 is 1.69 bits per heavy atom. The lowest BCUT2D eigenvalue weighted by molar-refractivity contribution is -0.384. The number of hydrogen-bond donors (Lipinski definition) is 1. The van der Waals surface area contributed by atoms with Crippen LogP contribution in [-0.4, -0.2) is 26.8 Å². The lowest BCUT2D eigenvalue weighted by Gasteiger charge is -2.06. The molecule has 0 aliphatic rings. The second kappa shape index (κ2) is 9.40. The van der Waals surface area contributed by atoms with Gasteiger partial charge in [0.05, 0.1) is 10.7 Å². The lowest BCUT2D eigenvalue weighted by atomic mass is 10.1. The molecule has 160 valence electrons. The van der Waals surface area contributed by atoms with Crippen LogP contribution in [0.1, 0.15) is 0 Å². The summed E-state index contributed by atoms with van der Waals surface area (Å²) >= 11 is 1.07. The molecular weight excluding hydrogens is 435 g/mol. The quantitative estimate of drug-likeness (QED) is 0.234. The number of carbonyl (C=O) groups excluding carboxylic acids is 1. The molecule has 1 N–H and O–H groups in total. The number of aromatic nitrogens is 2. The van der Waals surface area contributed by atoms with E-state index in [0.717, 1.165) is 22.9 Å². The summed E-state index contributed by atoms with van der Waals surface area (Å²) in [5, 5.41) is 21.5. The van der Waals surface area contributed by atoms with E-state index in [9.17, 15) is 19.3 Å². The van der Waals surface area contributed by atoms with Crippen LogP contribution in [0.5, 0.6) is 0 Å². The average molecular weight is 450 g/mol. The van der Waals surface area contributed by atoms with Crippen LogP contribution in [0, 0.1) is 15.9 Å². The van der Waals surface area contributed by atoms with Crippen LogP contribution in [0.3, 0.4) is 0 Å². The summed E-state index contributed by atoms with van der Waals surface area (Å²) < 4.78 is 18.8. The number of carbonyl (C=O) groups is 1. The Bertz CT molecular complexity index is 1260. The van der Waals surface area contributed by atoms with E-state index in [2.05, 4.69) is 15.5 Å². The van der Waals surface area contributed by atoms with Crippen molar-refractivity contribution in [1.29, 1.82) is 0 Å². The van der Waals surface area contributed by atoms with Gasteiger partial charge in [-0.3, -0.25) is 14.9 Å². The summed E-state index contributed by atoms with van der Waals surface area (Å²) in [4.78, 5) is 22.5. The van der Waals surface area contributed by atoms with Gasteiger partial charge in [-0.2, -0.15) is 0 Å². The Balaban J connectivity index is 1.32. The summed E-state index contributed by atoms with van der Waals surface area (Å²) in [5.74, 6) is -0.443. The van der Waals surface area contributed by atoms with Crippen LogP contribution in [0.2, 0.25) is 0 Å². The first-order valence-corrected chi connectivity index (χ1v) is 10.3. The standard InChI is InChI=1S/C22H15FN4O4S/c23-17-3-1-2-16(12-17)21-25-26-22(31-21)32-13-20(28)24-18-8-4-14(5-9-18)15-6-10-19(11-7-15)27(29)30/h1-12H,13H2,(H,24,28). The minimum Gasteiger partial charge on any atom is -0.411 e. The molecule has 8 nitrogen and oxygen atoms in total. The van der Waals surface area contributed by atoms with Crippen LogP contribution in [0.15, 0.2) is 82.4 Å². The molecule has 0 saturated carbocycles. The van der Waals surface area contributed by atoms with Gasteiger partial charge in [-0.1, -0.05) is 30.0 Å². The molecule has 0 spiro atoms. The van der Waals surface area contributed by atoms with E-state index in [4.69, 9.17) is 4.42 Å². The Hall–Kier alpha value is -4.05. The molecule has 0 radical (unpaired) electrons. The molecule has 0 aliphatic heterocycles. The van der Waals surface area contributed by atoms with Crippen LogP contribution >= 0.6 is 11.8 Å². The number of anilines is 1. The van der Waals surface area contributed by atoms with Crippen molar-refractivity contribution >= 4 is 29.0 Å². The maximum atomic E-state index is 13.3. The van der Waals surface area contributed by atoms with E-state index < -0.39 is 10.7 Å². The highest BCUT2D eigenvalue weighted by atomic mass is 32.2. The van der Waals surface area contributed by atoms with E-state index in [1.807, 2.05) is 12.1 Å². The first kappa shape index (κ1) is 21.2. The van der Waals surface area contributed by atoms with Crippen molar-refractivity contribution in [2.24, 2.45) is 0 Å². The summed E-state index contributed by atoms with van der Waals surface area (Å²) in [7, 11) is 0. The predicted octanol–water partition coefficient (Wildman–Crippen LogP) is 5.18. The van der Waals surface area contributed by atoms with E-state index in [-0.39, 0.29) is 28.5 Å². The van der Waals surface area contributed by atoms with Crippen LogP contribution < -0.4 is 5.32 Å². The number of hydrogen-bond acceptors (Lipinski definition) is 7. The number of benzene rings is 3. The highest BCUT2D eigenvalue weighted by Crippen LogP contribution is 2.25. The molecule has 0 saturated heterocycles. The van der Waals surface area contributed by atoms with Crippen LogP contribution in [-0.2, 0) is 4.79 Å². The molecule has 0 bridgehead atoms. The fourth-order valence-electron chi connectivity index (χ4n) is 2.85. The predicted molar refractivity (Wildman–Crippen MR) is 118 cm³/mol.